The van der Waals surface area contributed by atoms with Gasteiger partial charge in [0, 0.05) is 12.0 Å². The van der Waals surface area contributed by atoms with Crippen LogP contribution in [0.4, 0.5) is 0 Å². The van der Waals surface area contributed by atoms with Gasteiger partial charge >= 0.3 is 0 Å². The summed E-state index contributed by atoms with van der Waals surface area (Å²) in [7, 11) is 0. The summed E-state index contributed by atoms with van der Waals surface area (Å²) in [4.78, 5) is 17.1. The fraction of sp³-hybridized carbons (Fsp3) is 0.526. The van der Waals surface area contributed by atoms with E-state index in [1.54, 1.807) is 18.2 Å². The first-order valence-corrected chi connectivity index (χ1v) is 8.73. The molecule has 3 rings (SSSR count). The molecule has 0 bridgehead atoms. The van der Waals surface area contributed by atoms with E-state index in [1.807, 2.05) is 26.8 Å². The molecular formula is C19H25N3O3. The van der Waals surface area contributed by atoms with Gasteiger partial charge in [-0.15, -0.1) is 0 Å². The molecule has 0 spiro atoms. The van der Waals surface area contributed by atoms with E-state index in [2.05, 4.69) is 15.5 Å². The first kappa shape index (κ1) is 17.6. The maximum atomic E-state index is 12.6. The van der Waals surface area contributed by atoms with Crippen LogP contribution >= 0.6 is 0 Å². The summed E-state index contributed by atoms with van der Waals surface area (Å²) in [5.74, 6) is 0.680. The molecule has 0 radical (unpaired) electrons. The van der Waals surface area contributed by atoms with Crippen LogP contribution in [-0.4, -0.2) is 33.3 Å². The monoisotopic (exact) mass is 343 g/mol. The second-order valence-electron chi connectivity index (χ2n) is 7.83. The second kappa shape index (κ2) is 6.59. The molecule has 134 valence electrons. The highest BCUT2D eigenvalue weighted by Gasteiger charge is 2.32. The molecule has 1 saturated carbocycles. The minimum atomic E-state index is -0.783. The van der Waals surface area contributed by atoms with Crippen LogP contribution in [0.1, 0.15) is 62.6 Å². The predicted molar refractivity (Wildman–Crippen MR) is 94.2 cm³/mol. The van der Waals surface area contributed by atoms with Crippen molar-refractivity contribution in [2.75, 3.05) is 6.54 Å². The summed E-state index contributed by atoms with van der Waals surface area (Å²) in [6.07, 6.45) is 3.46. The highest BCUT2D eigenvalue weighted by molar-refractivity contribution is 5.99. The van der Waals surface area contributed by atoms with Gasteiger partial charge in [-0.05, 0) is 25.0 Å². The van der Waals surface area contributed by atoms with Crippen LogP contribution in [-0.2, 0) is 5.41 Å². The van der Waals surface area contributed by atoms with Crippen molar-refractivity contribution < 1.29 is 14.4 Å². The number of nitrogens with one attached hydrogen (secondary N) is 1. The Morgan fingerprint density at radius 1 is 1.28 bits per heavy atom. The fourth-order valence-corrected chi connectivity index (χ4v) is 3.06. The van der Waals surface area contributed by atoms with Crippen molar-refractivity contribution in [1.82, 2.24) is 15.5 Å². The molecule has 25 heavy (non-hydrogen) atoms. The van der Waals surface area contributed by atoms with Gasteiger partial charge in [0.15, 0.2) is 5.82 Å². The number of hydrogen-bond acceptors (Lipinski definition) is 5. The number of rotatable bonds is 4. The van der Waals surface area contributed by atoms with Gasteiger partial charge in [0.05, 0.1) is 16.7 Å². The lowest BCUT2D eigenvalue weighted by molar-refractivity contribution is 0.0450. The third-order valence-corrected chi connectivity index (χ3v) is 4.61. The average molecular weight is 343 g/mol. The molecule has 0 unspecified atom stereocenters. The van der Waals surface area contributed by atoms with Gasteiger partial charge in [0.2, 0.25) is 0 Å². The van der Waals surface area contributed by atoms with Crippen molar-refractivity contribution in [2.45, 2.75) is 57.5 Å². The average Bonchev–Trinajstić information content (AvgIpc) is 3.22. The number of aliphatic hydroxyl groups is 1. The first-order valence-electron chi connectivity index (χ1n) is 8.73. The largest absolute Gasteiger partial charge is 0.388 e. The molecular weight excluding hydrogens is 318 g/mol. The SMILES string of the molecule is CC(C)(C)c1noc(-c2ccccc2C(=O)NCC2(O)CCCC2)n1. The van der Waals surface area contributed by atoms with Gasteiger partial charge in [-0.2, -0.15) is 4.98 Å². The molecule has 0 atom stereocenters. The number of aromatic nitrogens is 2. The standard InChI is InChI=1S/C19H25N3O3/c1-18(2,3)17-21-16(25-22-17)14-9-5-4-8-13(14)15(23)20-12-19(24)10-6-7-11-19/h4-5,8-9,24H,6-7,10-12H2,1-3H3,(H,20,23). The number of nitrogens with zero attached hydrogens (tertiary/aromatic N) is 2. The Bertz CT molecular complexity index is 755. The van der Waals surface area contributed by atoms with Crippen LogP contribution in [0.2, 0.25) is 0 Å². The Kier molecular flexibility index (Phi) is 4.64. The summed E-state index contributed by atoms with van der Waals surface area (Å²) >= 11 is 0. The highest BCUT2D eigenvalue weighted by atomic mass is 16.5. The number of hydrogen-bond donors (Lipinski definition) is 2. The Balaban J connectivity index is 1.81. The maximum absolute atomic E-state index is 12.6. The lowest BCUT2D eigenvalue weighted by Gasteiger charge is -2.22. The van der Waals surface area contributed by atoms with Crippen LogP contribution in [0.15, 0.2) is 28.8 Å². The van der Waals surface area contributed by atoms with E-state index in [1.165, 1.54) is 0 Å². The van der Waals surface area contributed by atoms with E-state index < -0.39 is 5.60 Å². The summed E-state index contributed by atoms with van der Waals surface area (Å²) in [5, 5.41) is 17.3. The minimum Gasteiger partial charge on any atom is -0.388 e. The zero-order valence-electron chi connectivity index (χ0n) is 15.0. The van der Waals surface area contributed by atoms with E-state index >= 15 is 0 Å². The van der Waals surface area contributed by atoms with Crippen molar-refractivity contribution in [3.05, 3.63) is 35.7 Å². The van der Waals surface area contributed by atoms with Crippen molar-refractivity contribution >= 4 is 5.91 Å². The third kappa shape index (κ3) is 3.90. The van der Waals surface area contributed by atoms with Crippen LogP contribution in [0.25, 0.3) is 11.5 Å². The highest BCUT2D eigenvalue weighted by Crippen LogP contribution is 2.29. The molecule has 1 aromatic carbocycles. The topological polar surface area (TPSA) is 88.2 Å². The van der Waals surface area contributed by atoms with Gasteiger partial charge in [0.25, 0.3) is 11.8 Å². The zero-order valence-corrected chi connectivity index (χ0v) is 15.0. The summed E-state index contributed by atoms with van der Waals surface area (Å²) in [5.41, 5.74) is 0.0498. The van der Waals surface area contributed by atoms with Gasteiger partial charge in [-0.1, -0.05) is 50.9 Å². The van der Waals surface area contributed by atoms with E-state index in [0.717, 1.165) is 25.7 Å². The van der Waals surface area contributed by atoms with Crippen molar-refractivity contribution in [2.24, 2.45) is 0 Å². The molecule has 1 heterocycles. The molecule has 1 aromatic heterocycles. The normalized spacial score (nSPS) is 16.8. The molecule has 6 nitrogen and oxygen atoms in total. The fourth-order valence-electron chi connectivity index (χ4n) is 3.06. The Labute approximate surface area is 147 Å². The second-order valence-corrected chi connectivity index (χ2v) is 7.83. The van der Waals surface area contributed by atoms with Gasteiger partial charge in [0.1, 0.15) is 0 Å². The Hall–Kier alpha value is -2.21. The summed E-state index contributed by atoms with van der Waals surface area (Å²) in [6, 6.07) is 7.14. The molecule has 0 saturated heterocycles. The quantitative estimate of drug-likeness (QED) is 0.891. The minimum absolute atomic E-state index is 0.231. The van der Waals surface area contributed by atoms with E-state index in [-0.39, 0.29) is 17.9 Å². The van der Waals surface area contributed by atoms with Gasteiger partial charge in [-0.25, -0.2) is 0 Å². The molecule has 1 amide bonds. The lowest BCUT2D eigenvalue weighted by Crippen LogP contribution is -2.40. The molecule has 1 aliphatic rings. The number of carbonyl (C=O) groups excluding carboxylic acids is 1. The Morgan fingerprint density at radius 2 is 1.96 bits per heavy atom. The third-order valence-electron chi connectivity index (χ3n) is 4.61. The van der Waals surface area contributed by atoms with E-state index in [9.17, 15) is 9.90 Å². The van der Waals surface area contributed by atoms with Crippen LogP contribution in [0.5, 0.6) is 0 Å². The molecule has 2 aromatic rings. The van der Waals surface area contributed by atoms with E-state index in [4.69, 9.17) is 4.52 Å². The molecule has 1 aliphatic carbocycles. The number of amides is 1. The summed E-state index contributed by atoms with van der Waals surface area (Å²) in [6.45, 7) is 6.27. The molecule has 2 N–H and O–H groups in total. The Morgan fingerprint density at radius 3 is 2.60 bits per heavy atom. The molecule has 6 heteroatoms. The zero-order chi connectivity index (χ0) is 18.1. The number of benzene rings is 1. The van der Waals surface area contributed by atoms with Crippen LogP contribution in [0, 0.1) is 0 Å². The van der Waals surface area contributed by atoms with Gasteiger partial charge in [-0.3, -0.25) is 4.79 Å². The van der Waals surface area contributed by atoms with Gasteiger partial charge < -0.3 is 14.9 Å². The molecule has 1 fully saturated rings. The first-order chi connectivity index (χ1) is 11.8. The summed E-state index contributed by atoms with van der Waals surface area (Å²) < 4.78 is 5.38. The van der Waals surface area contributed by atoms with Crippen molar-refractivity contribution in [1.29, 1.82) is 0 Å². The van der Waals surface area contributed by atoms with Crippen LogP contribution < -0.4 is 5.32 Å². The van der Waals surface area contributed by atoms with Crippen molar-refractivity contribution in [3.8, 4) is 11.5 Å². The van der Waals surface area contributed by atoms with Crippen molar-refractivity contribution in [3.63, 3.8) is 0 Å². The van der Waals surface area contributed by atoms with Crippen LogP contribution in [0.3, 0.4) is 0 Å². The molecule has 0 aliphatic heterocycles. The smallest absolute Gasteiger partial charge is 0.258 e. The maximum Gasteiger partial charge on any atom is 0.258 e. The predicted octanol–water partition coefficient (Wildman–Crippen LogP) is 3.07. The lowest BCUT2D eigenvalue weighted by atomic mass is 9.96. The number of carbonyl (C=O) groups is 1. The van der Waals surface area contributed by atoms with E-state index in [0.29, 0.717) is 22.8 Å².